The number of allylic oxidation sites excluding steroid dienone is 1. The third-order valence-corrected chi connectivity index (χ3v) is 7.04. The van der Waals surface area contributed by atoms with Gasteiger partial charge in [0.15, 0.2) is 5.60 Å². The molecule has 1 aromatic carbocycles. The summed E-state index contributed by atoms with van der Waals surface area (Å²) >= 11 is 0. The first kappa shape index (κ1) is 36.3. The molecule has 42 heavy (non-hydrogen) atoms. The zero-order chi connectivity index (χ0) is 31.5. The number of rotatable bonds is 23. The Balaban J connectivity index is 2.77. The Morgan fingerprint density at radius 1 is 0.857 bits per heavy atom. The third kappa shape index (κ3) is 13.8. The van der Waals surface area contributed by atoms with Crippen molar-refractivity contribution in [3.63, 3.8) is 0 Å². The lowest BCUT2D eigenvalue weighted by Crippen LogP contribution is -2.55. The third-order valence-electron chi connectivity index (χ3n) is 7.04. The minimum absolute atomic E-state index is 0.0401. The molecule has 0 fully saturated rings. The van der Waals surface area contributed by atoms with Crippen molar-refractivity contribution >= 4 is 29.6 Å². The highest BCUT2D eigenvalue weighted by molar-refractivity contribution is 5.94. The molecular formula is C31H45NO10. The number of carbonyl (C=O) groups excluding carboxylic acids is 2. The molecule has 0 saturated carbocycles. The highest BCUT2D eigenvalue weighted by atomic mass is 16.4. The monoisotopic (exact) mass is 591 g/mol. The van der Waals surface area contributed by atoms with Crippen LogP contribution >= 0.6 is 0 Å². The van der Waals surface area contributed by atoms with E-state index in [-0.39, 0.29) is 18.0 Å². The Kier molecular flexibility index (Phi) is 16.8. The lowest BCUT2D eigenvalue weighted by atomic mass is 9.82. The van der Waals surface area contributed by atoms with Crippen LogP contribution < -0.4 is 5.32 Å². The van der Waals surface area contributed by atoms with Gasteiger partial charge in [-0.1, -0.05) is 69.7 Å². The standard InChI is InChI=1S/C31H45NO10/c1-2-3-4-7-10-13-23(33)14-11-8-5-6-9-12-15-25(31(42,30(40)41)21-27(35)36)28(37)32-26(29(38)39)20-22-16-18-24(34)19-17-22/h12,15-19,25-26,34,42H,2-11,13-14,20-21H2,1H3,(H,32,37)(H,35,36)(H,38,39)(H,40,41)/b15-12+. The van der Waals surface area contributed by atoms with Crippen LogP contribution in [-0.4, -0.2) is 66.8 Å². The first-order valence-electron chi connectivity index (χ1n) is 14.6. The van der Waals surface area contributed by atoms with Crippen LogP contribution in [0.2, 0.25) is 0 Å². The number of unbranched alkanes of at least 4 members (excludes halogenated alkanes) is 8. The summed E-state index contributed by atoms with van der Waals surface area (Å²) in [6, 6.07) is 4.07. The molecule has 0 heterocycles. The van der Waals surface area contributed by atoms with E-state index in [9.17, 15) is 49.5 Å². The lowest BCUT2D eigenvalue weighted by molar-refractivity contribution is -0.172. The Morgan fingerprint density at radius 2 is 1.43 bits per heavy atom. The molecular weight excluding hydrogens is 546 g/mol. The molecule has 234 valence electrons. The number of aliphatic carboxylic acids is 3. The number of carbonyl (C=O) groups is 5. The van der Waals surface area contributed by atoms with Crippen LogP contribution in [0.3, 0.4) is 0 Å². The molecule has 0 aliphatic heterocycles. The predicted molar refractivity (Wildman–Crippen MR) is 155 cm³/mol. The molecule has 0 aliphatic carbocycles. The summed E-state index contributed by atoms with van der Waals surface area (Å²) in [6.45, 7) is 2.14. The molecule has 3 atom stereocenters. The van der Waals surface area contributed by atoms with Crippen molar-refractivity contribution in [3.05, 3.63) is 42.0 Å². The number of ketones is 1. The number of carboxylic acid groups (broad SMARTS) is 3. The van der Waals surface area contributed by atoms with Crippen LogP contribution in [-0.2, 0) is 30.4 Å². The number of hydrogen-bond acceptors (Lipinski definition) is 7. The van der Waals surface area contributed by atoms with E-state index in [1.165, 1.54) is 36.8 Å². The van der Waals surface area contributed by atoms with E-state index in [0.29, 0.717) is 31.2 Å². The summed E-state index contributed by atoms with van der Waals surface area (Å²) in [7, 11) is 0. The fraction of sp³-hybridized carbons (Fsp3) is 0.581. The van der Waals surface area contributed by atoms with E-state index in [1.807, 2.05) is 0 Å². The molecule has 11 nitrogen and oxygen atoms in total. The van der Waals surface area contributed by atoms with Gasteiger partial charge in [-0.15, -0.1) is 0 Å². The topological polar surface area (TPSA) is 199 Å². The minimum atomic E-state index is -3.02. The SMILES string of the molecule is CCCCCCCC(=O)CCCCCC/C=C/C(C(=O)NC(Cc1ccc(O)cc1)C(=O)O)C(O)(CC(=O)O)C(=O)O. The Labute approximate surface area is 246 Å². The van der Waals surface area contributed by atoms with Crippen molar-refractivity contribution in [1.29, 1.82) is 0 Å². The molecule has 0 aromatic heterocycles. The maximum Gasteiger partial charge on any atom is 0.337 e. The van der Waals surface area contributed by atoms with Gasteiger partial charge in [-0.05, 0) is 43.4 Å². The fourth-order valence-electron chi connectivity index (χ4n) is 4.56. The number of carboxylic acids is 3. The van der Waals surface area contributed by atoms with Crippen molar-refractivity contribution in [2.45, 2.75) is 108 Å². The van der Waals surface area contributed by atoms with Gasteiger partial charge in [0.05, 0.1) is 12.3 Å². The van der Waals surface area contributed by atoms with Crippen LogP contribution in [0.1, 0.15) is 96.0 Å². The first-order chi connectivity index (χ1) is 19.9. The molecule has 3 unspecified atom stereocenters. The molecule has 0 bridgehead atoms. The van der Waals surface area contributed by atoms with E-state index in [2.05, 4.69) is 12.2 Å². The summed E-state index contributed by atoms with van der Waals surface area (Å²) in [6.07, 6.45) is 11.1. The van der Waals surface area contributed by atoms with Crippen molar-refractivity contribution in [1.82, 2.24) is 5.32 Å². The van der Waals surface area contributed by atoms with E-state index >= 15 is 0 Å². The van der Waals surface area contributed by atoms with Crippen molar-refractivity contribution in [3.8, 4) is 5.75 Å². The zero-order valence-electron chi connectivity index (χ0n) is 24.3. The molecule has 1 rings (SSSR count). The summed E-state index contributed by atoms with van der Waals surface area (Å²) < 4.78 is 0. The number of phenolic OH excluding ortho intramolecular Hbond substituents is 1. The van der Waals surface area contributed by atoms with Gasteiger partial charge in [0.25, 0.3) is 0 Å². The van der Waals surface area contributed by atoms with Crippen molar-refractivity contribution < 1.29 is 49.5 Å². The van der Waals surface area contributed by atoms with Crippen molar-refractivity contribution in [2.24, 2.45) is 5.92 Å². The Hall–Kier alpha value is -3.73. The Bertz CT molecular complexity index is 1050. The highest BCUT2D eigenvalue weighted by Gasteiger charge is 2.49. The number of amides is 1. The molecule has 1 aromatic rings. The van der Waals surface area contributed by atoms with E-state index in [1.54, 1.807) is 0 Å². The van der Waals surface area contributed by atoms with Gasteiger partial charge in [0.1, 0.15) is 17.6 Å². The van der Waals surface area contributed by atoms with Crippen LogP contribution in [0.5, 0.6) is 5.75 Å². The molecule has 6 N–H and O–H groups in total. The average Bonchev–Trinajstić information content (AvgIpc) is 2.92. The summed E-state index contributed by atoms with van der Waals surface area (Å²) in [5, 5.41) is 50.9. The predicted octanol–water partition coefficient (Wildman–Crippen LogP) is 4.24. The van der Waals surface area contributed by atoms with Crippen LogP contribution in [0.25, 0.3) is 0 Å². The smallest absolute Gasteiger partial charge is 0.337 e. The number of Topliss-reactive ketones (excluding diaryl/α,β-unsaturated/α-hetero) is 1. The van der Waals surface area contributed by atoms with E-state index < -0.39 is 47.8 Å². The first-order valence-corrected chi connectivity index (χ1v) is 14.6. The molecule has 0 radical (unpaired) electrons. The zero-order valence-corrected chi connectivity index (χ0v) is 24.3. The second-order valence-corrected chi connectivity index (χ2v) is 10.6. The minimum Gasteiger partial charge on any atom is -0.508 e. The van der Waals surface area contributed by atoms with Gasteiger partial charge in [0.2, 0.25) is 5.91 Å². The van der Waals surface area contributed by atoms with Gasteiger partial charge < -0.3 is 30.8 Å². The second kappa shape index (κ2) is 19.4. The maximum absolute atomic E-state index is 13.1. The van der Waals surface area contributed by atoms with Crippen LogP contribution in [0.4, 0.5) is 0 Å². The van der Waals surface area contributed by atoms with Gasteiger partial charge in [-0.3, -0.25) is 14.4 Å². The van der Waals surface area contributed by atoms with Crippen molar-refractivity contribution in [2.75, 3.05) is 0 Å². The largest absolute Gasteiger partial charge is 0.508 e. The number of aromatic hydroxyl groups is 1. The number of hydrogen-bond donors (Lipinski definition) is 6. The lowest BCUT2D eigenvalue weighted by Gasteiger charge is -2.29. The van der Waals surface area contributed by atoms with Gasteiger partial charge in [-0.2, -0.15) is 0 Å². The fourth-order valence-corrected chi connectivity index (χ4v) is 4.56. The van der Waals surface area contributed by atoms with Crippen LogP contribution in [0.15, 0.2) is 36.4 Å². The van der Waals surface area contributed by atoms with E-state index in [4.69, 9.17) is 0 Å². The van der Waals surface area contributed by atoms with Gasteiger partial charge >= 0.3 is 17.9 Å². The van der Waals surface area contributed by atoms with Crippen LogP contribution in [0, 0.1) is 5.92 Å². The maximum atomic E-state index is 13.1. The molecule has 0 aliphatic rings. The number of aliphatic hydroxyl groups is 1. The summed E-state index contributed by atoms with van der Waals surface area (Å²) in [5.41, 5.74) is -2.56. The van der Waals surface area contributed by atoms with E-state index in [0.717, 1.165) is 51.0 Å². The molecule has 11 heteroatoms. The normalized spacial score (nSPS) is 14.1. The number of nitrogens with one attached hydrogen (secondary N) is 1. The number of benzene rings is 1. The highest BCUT2D eigenvalue weighted by Crippen LogP contribution is 2.26. The van der Waals surface area contributed by atoms with Gasteiger partial charge in [0, 0.05) is 19.3 Å². The molecule has 0 spiro atoms. The summed E-state index contributed by atoms with van der Waals surface area (Å²) in [5.74, 6) is -7.83. The molecule has 0 saturated heterocycles. The summed E-state index contributed by atoms with van der Waals surface area (Å²) in [4.78, 5) is 60.2. The molecule has 1 amide bonds. The quantitative estimate of drug-likeness (QED) is 0.0790. The second-order valence-electron chi connectivity index (χ2n) is 10.6. The number of phenols is 1. The average molecular weight is 592 g/mol. The Morgan fingerprint density at radius 3 is 1.95 bits per heavy atom. The van der Waals surface area contributed by atoms with Gasteiger partial charge in [-0.25, -0.2) is 9.59 Å².